The number of carboxylic acid groups (broad SMARTS) is 1. The van der Waals surface area contributed by atoms with Crippen LogP contribution in [0.1, 0.15) is 20.3 Å². The van der Waals surface area contributed by atoms with Crippen LogP contribution in [-0.4, -0.2) is 29.1 Å². The summed E-state index contributed by atoms with van der Waals surface area (Å²) >= 11 is 0. The highest BCUT2D eigenvalue weighted by molar-refractivity contribution is 7.65. The first-order valence-electron chi connectivity index (χ1n) is 4.19. The van der Waals surface area contributed by atoms with Crippen LogP contribution in [0.2, 0.25) is 0 Å². The summed E-state index contributed by atoms with van der Waals surface area (Å²) in [5.41, 5.74) is -0.182. The van der Waals surface area contributed by atoms with Crippen molar-refractivity contribution in [1.82, 2.24) is 0 Å². The molecule has 1 N–H and O–H groups in total. The lowest BCUT2D eigenvalue weighted by molar-refractivity contribution is -0.134. The molecule has 0 saturated carbocycles. The third-order valence-corrected chi connectivity index (χ3v) is 5.82. The van der Waals surface area contributed by atoms with Gasteiger partial charge in [-0.1, -0.05) is 13.8 Å². The Morgan fingerprint density at radius 3 is 2.54 bits per heavy atom. The van der Waals surface area contributed by atoms with E-state index in [-0.39, 0.29) is 11.8 Å². The van der Waals surface area contributed by atoms with Gasteiger partial charge in [0.1, 0.15) is 7.14 Å². The number of carboxylic acids is 1. The Bertz CT molecular complexity index is 265. The standard InChI is InChI=1S/C9H15O3P/c1-4-6-8(3)13(12,5-2)7-9(10)11/h1,8H,5-7H2,2-3H3,(H,10,11). The van der Waals surface area contributed by atoms with Gasteiger partial charge in [-0.25, -0.2) is 0 Å². The summed E-state index contributed by atoms with van der Waals surface area (Å²) < 4.78 is 12.0. The molecule has 0 rings (SSSR count). The molecule has 0 radical (unpaired) electrons. The maximum Gasteiger partial charge on any atom is 0.310 e. The lowest BCUT2D eigenvalue weighted by Crippen LogP contribution is -2.14. The van der Waals surface area contributed by atoms with Gasteiger partial charge in [0.05, 0.1) is 6.16 Å². The molecule has 0 heterocycles. The van der Waals surface area contributed by atoms with Gasteiger partial charge < -0.3 is 9.67 Å². The van der Waals surface area contributed by atoms with Crippen LogP contribution in [0.3, 0.4) is 0 Å². The summed E-state index contributed by atoms with van der Waals surface area (Å²) in [6.07, 6.45) is 5.64. The van der Waals surface area contributed by atoms with Gasteiger partial charge in [0, 0.05) is 12.1 Å². The van der Waals surface area contributed by atoms with Gasteiger partial charge in [-0.2, -0.15) is 0 Å². The molecule has 0 saturated heterocycles. The molecule has 0 aliphatic carbocycles. The molecule has 0 spiro atoms. The Morgan fingerprint density at radius 1 is 1.69 bits per heavy atom. The zero-order valence-corrected chi connectivity index (χ0v) is 8.88. The molecule has 4 heteroatoms. The second-order valence-corrected chi connectivity index (χ2v) is 6.81. The summed E-state index contributed by atoms with van der Waals surface area (Å²) in [7, 11) is -2.61. The van der Waals surface area contributed by atoms with Crippen LogP contribution in [0.5, 0.6) is 0 Å². The van der Waals surface area contributed by atoms with Crippen LogP contribution in [0.15, 0.2) is 0 Å². The van der Waals surface area contributed by atoms with E-state index in [1.807, 2.05) is 0 Å². The predicted octanol–water partition coefficient (Wildman–Crippen LogP) is 1.87. The number of rotatable bonds is 5. The second kappa shape index (κ2) is 5.09. The average molecular weight is 202 g/mol. The third kappa shape index (κ3) is 3.65. The quantitative estimate of drug-likeness (QED) is 0.547. The zero-order valence-electron chi connectivity index (χ0n) is 7.99. The van der Waals surface area contributed by atoms with E-state index in [1.54, 1.807) is 13.8 Å². The van der Waals surface area contributed by atoms with Gasteiger partial charge in [-0.15, -0.1) is 12.3 Å². The monoisotopic (exact) mass is 202 g/mol. The minimum Gasteiger partial charge on any atom is -0.481 e. The molecule has 74 valence electrons. The molecule has 3 nitrogen and oxygen atoms in total. The van der Waals surface area contributed by atoms with E-state index in [1.165, 1.54) is 0 Å². The Morgan fingerprint density at radius 2 is 2.23 bits per heavy atom. The van der Waals surface area contributed by atoms with Crippen molar-refractivity contribution in [2.24, 2.45) is 0 Å². The molecule has 0 aliphatic heterocycles. The average Bonchev–Trinajstić information content (AvgIpc) is 2.03. The minimum absolute atomic E-state index is 0.182. The van der Waals surface area contributed by atoms with Gasteiger partial charge in [-0.05, 0) is 6.16 Å². The molecule has 0 amide bonds. The van der Waals surface area contributed by atoms with E-state index in [0.717, 1.165) is 0 Å². The van der Waals surface area contributed by atoms with Crippen LogP contribution in [0.4, 0.5) is 0 Å². The van der Waals surface area contributed by atoms with E-state index in [0.29, 0.717) is 12.6 Å². The lowest BCUT2D eigenvalue weighted by Gasteiger charge is -2.19. The maximum atomic E-state index is 12.0. The minimum atomic E-state index is -2.61. The van der Waals surface area contributed by atoms with Crippen molar-refractivity contribution in [3.63, 3.8) is 0 Å². The zero-order chi connectivity index (χ0) is 10.5. The fourth-order valence-corrected chi connectivity index (χ4v) is 3.20. The molecule has 0 aromatic heterocycles. The van der Waals surface area contributed by atoms with E-state index >= 15 is 0 Å². The van der Waals surface area contributed by atoms with Crippen molar-refractivity contribution in [2.75, 3.05) is 12.3 Å². The van der Waals surface area contributed by atoms with Crippen molar-refractivity contribution in [3.8, 4) is 12.3 Å². The molecule has 0 aromatic carbocycles. The summed E-state index contributed by atoms with van der Waals surface area (Å²) in [6, 6.07) is 0. The normalized spacial score (nSPS) is 17.0. The van der Waals surface area contributed by atoms with Crippen LogP contribution < -0.4 is 0 Å². The molecule has 0 bridgehead atoms. The fraction of sp³-hybridized carbons (Fsp3) is 0.667. The molecule has 13 heavy (non-hydrogen) atoms. The predicted molar refractivity (Wildman–Crippen MR) is 53.6 cm³/mol. The van der Waals surface area contributed by atoms with Gasteiger partial charge >= 0.3 is 5.97 Å². The number of terminal acetylenes is 1. The largest absolute Gasteiger partial charge is 0.481 e. The summed E-state index contributed by atoms with van der Waals surface area (Å²) in [6.45, 7) is 3.50. The van der Waals surface area contributed by atoms with Crippen molar-refractivity contribution < 1.29 is 14.5 Å². The number of aliphatic carboxylic acids is 1. The maximum absolute atomic E-state index is 12.0. The van der Waals surface area contributed by atoms with E-state index in [4.69, 9.17) is 11.5 Å². The van der Waals surface area contributed by atoms with Crippen molar-refractivity contribution in [3.05, 3.63) is 0 Å². The first-order valence-corrected chi connectivity index (χ1v) is 6.34. The number of hydrogen-bond acceptors (Lipinski definition) is 2. The molecule has 2 unspecified atom stereocenters. The van der Waals surface area contributed by atoms with Crippen LogP contribution >= 0.6 is 7.14 Å². The van der Waals surface area contributed by atoms with Crippen molar-refractivity contribution >= 4 is 13.1 Å². The van der Waals surface area contributed by atoms with Crippen LogP contribution in [0, 0.1) is 12.3 Å². The van der Waals surface area contributed by atoms with Crippen LogP contribution in [0.25, 0.3) is 0 Å². The number of hydrogen-bond donors (Lipinski definition) is 1. The van der Waals surface area contributed by atoms with Crippen molar-refractivity contribution in [2.45, 2.75) is 25.9 Å². The smallest absolute Gasteiger partial charge is 0.310 e. The number of carbonyl (C=O) groups is 1. The Hall–Kier alpha value is -0.740. The van der Waals surface area contributed by atoms with E-state index in [9.17, 15) is 9.36 Å². The molecule has 0 aromatic rings. The Kier molecular flexibility index (Phi) is 4.80. The highest BCUT2D eigenvalue weighted by atomic mass is 31.2. The van der Waals surface area contributed by atoms with Gasteiger partial charge in [-0.3, -0.25) is 4.79 Å². The van der Waals surface area contributed by atoms with Gasteiger partial charge in [0.2, 0.25) is 0 Å². The summed E-state index contributed by atoms with van der Waals surface area (Å²) in [5.74, 6) is 1.41. The molecule has 2 atom stereocenters. The highest BCUT2D eigenvalue weighted by Gasteiger charge is 2.29. The van der Waals surface area contributed by atoms with Gasteiger partial charge in [0.25, 0.3) is 0 Å². The van der Waals surface area contributed by atoms with Gasteiger partial charge in [0.15, 0.2) is 0 Å². The molecular weight excluding hydrogens is 187 g/mol. The van der Waals surface area contributed by atoms with Crippen molar-refractivity contribution in [1.29, 1.82) is 0 Å². The SMILES string of the molecule is C#CCC(C)P(=O)(CC)CC(=O)O. The first-order chi connectivity index (χ1) is 5.96. The highest BCUT2D eigenvalue weighted by Crippen LogP contribution is 2.51. The molecular formula is C9H15O3P. The molecule has 0 fully saturated rings. The van der Waals surface area contributed by atoms with Crippen LogP contribution in [-0.2, 0) is 9.36 Å². The topological polar surface area (TPSA) is 54.4 Å². The first kappa shape index (κ1) is 12.3. The Balaban J connectivity index is 4.54. The summed E-state index contributed by atoms with van der Waals surface area (Å²) in [5, 5.41) is 8.57. The van der Waals surface area contributed by atoms with E-state index < -0.39 is 13.1 Å². The van der Waals surface area contributed by atoms with E-state index in [2.05, 4.69) is 5.92 Å². The second-order valence-electron chi connectivity index (χ2n) is 3.08. The third-order valence-electron chi connectivity index (χ3n) is 2.15. The lowest BCUT2D eigenvalue weighted by atomic mass is 10.3. The summed E-state index contributed by atoms with van der Waals surface area (Å²) in [4.78, 5) is 10.5. The fourth-order valence-electron chi connectivity index (χ4n) is 1.15. The Labute approximate surface area is 78.9 Å². The molecule has 0 aliphatic rings.